The molecule has 1 saturated carbocycles. The Morgan fingerprint density at radius 3 is 2.69 bits per heavy atom. The molecule has 0 radical (unpaired) electrons. The van der Waals surface area contributed by atoms with Gasteiger partial charge in [0.15, 0.2) is 11.6 Å². The van der Waals surface area contributed by atoms with E-state index in [2.05, 4.69) is 32.7 Å². The summed E-state index contributed by atoms with van der Waals surface area (Å²) in [5.74, 6) is -1.06. The Morgan fingerprint density at radius 2 is 1.96 bits per heavy atom. The van der Waals surface area contributed by atoms with Gasteiger partial charge < -0.3 is 29.7 Å². The van der Waals surface area contributed by atoms with Crippen molar-refractivity contribution in [2.24, 2.45) is 5.41 Å². The Bertz CT molecular complexity index is 2060. The van der Waals surface area contributed by atoms with E-state index in [1.54, 1.807) is 0 Å². The number of nitrogens with one attached hydrogen (secondary N) is 1. The quantitative estimate of drug-likeness (QED) is 0.196. The first-order valence-corrected chi connectivity index (χ1v) is 16.8. The molecule has 14 heteroatoms. The number of aromatic hydroxyl groups is 1. The second kappa shape index (κ2) is 14.0. The Morgan fingerprint density at radius 1 is 1.18 bits per heavy atom. The van der Waals surface area contributed by atoms with Crippen LogP contribution in [0.3, 0.4) is 0 Å². The molecule has 2 N–H and O–H groups in total. The average Bonchev–Trinajstić information content (AvgIpc) is 3.91. The lowest BCUT2D eigenvalue weighted by Crippen LogP contribution is -2.46. The zero-order valence-electron chi connectivity index (χ0n) is 28.2. The van der Waals surface area contributed by atoms with Crippen molar-refractivity contribution >= 4 is 33.4 Å². The number of fused-ring (bicyclic) bond motifs is 2. The van der Waals surface area contributed by atoms with Crippen molar-refractivity contribution in [3.8, 4) is 35.4 Å². The van der Waals surface area contributed by atoms with E-state index in [0.29, 0.717) is 50.7 Å². The molecule has 0 spiro atoms. The lowest BCUT2D eigenvalue weighted by atomic mass is 9.96. The summed E-state index contributed by atoms with van der Waals surface area (Å²) in [6.07, 6.45) is 9.04. The molecular weight excluding hydrogens is 663 g/mol. The normalized spacial score (nSPS) is 19.4. The minimum Gasteiger partial charge on any atom is -0.508 e. The number of pyridine rings is 1. The maximum atomic E-state index is 17.0. The summed E-state index contributed by atoms with van der Waals surface area (Å²) in [5, 5.41) is 14.1. The monoisotopic (exact) mass is 701 g/mol. The first kappa shape index (κ1) is 34.5. The summed E-state index contributed by atoms with van der Waals surface area (Å²) < 4.78 is 57.4. The second-order valence-electron chi connectivity index (χ2n) is 13.6. The van der Waals surface area contributed by atoms with Crippen LogP contribution >= 0.6 is 0 Å². The second-order valence-corrected chi connectivity index (χ2v) is 13.6. The van der Waals surface area contributed by atoms with Gasteiger partial charge in [-0.15, -0.1) is 6.42 Å². The van der Waals surface area contributed by atoms with Crippen molar-refractivity contribution in [1.82, 2.24) is 30.1 Å². The van der Waals surface area contributed by atoms with Crippen LogP contribution in [-0.4, -0.2) is 114 Å². The highest BCUT2D eigenvalue weighted by atomic mass is 19.1. The van der Waals surface area contributed by atoms with Crippen LogP contribution in [-0.2, 0) is 9.53 Å². The van der Waals surface area contributed by atoms with Gasteiger partial charge in [-0.3, -0.25) is 14.7 Å². The first-order chi connectivity index (χ1) is 24.5. The number of morpholine rings is 1. The lowest BCUT2D eigenvalue weighted by Gasteiger charge is -2.30. The number of rotatable bonds is 9. The van der Waals surface area contributed by atoms with Crippen LogP contribution in [0.1, 0.15) is 18.4 Å². The highest BCUT2D eigenvalue weighted by molar-refractivity contribution is 6.03. The maximum absolute atomic E-state index is 17.0. The number of anilines is 1. The molecule has 11 nitrogen and oxygen atoms in total. The van der Waals surface area contributed by atoms with E-state index in [9.17, 15) is 18.7 Å². The topological polar surface area (TPSA) is 116 Å². The molecule has 2 aromatic heterocycles. The number of carbonyl (C=O) groups excluding carboxylic acids is 1. The Kier molecular flexibility index (Phi) is 9.45. The zero-order valence-corrected chi connectivity index (χ0v) is 28.2. The van der Waals surface area contributed by atoms with Gasteiger partial charge in [0, 0.05) is 68.4 Å². The largest absolute Gasteiger partial charge is 0.508 e. The van der Waals surface area contributed by atoms with Crippen LogP contribution in [0.5, 0.6) is 11.8 Å². The highest BCUT2D eigenvalue weighted by Gasteiger charge is 2.45. The molecule has 0 unspecified atom stereocenters. The van der Waals surface area contributed by atoms with Crippen LogP contribution in [0.15, 0.2) is 42.9 Å². The molecular formula is C37H38F3N7O4. The number of nitrogens with zero attached hydrogens (tertiary/aromatic N) is 6. The zero-order chi connectivity index (χ0) is 35.9. The van der Waals surface area contributed by atoms with Gasteiger partial charge >= 0.3 is 6.01 Å². The van der Waals surface area contributed by atoms with Gasteiger partial charge in [0.05, 0.1) is 36.8 Å². The summed E-state index contributed by atoms with van der Waals surface area (Å²) in [5.41, 5.74) is -0.405. The van der Waals surface area contributed by atoms with E-state index in [0.717, 1.165) is 32.5 Å². The van der Waals surface area contributed by atoms with Gasteiger partial charge in [-0.05, 0) is 43.5 Å². The van der Waals surface area contributed by atoms with Crippen LogP contribution in [0, 0.1) is 29.4 Å². The standard InChI is InChI=1S/C37H38F3N7O4/c1-4-26-29(39)6-5-23-15-25(48)16-27(30(23)26)32-31(40)33-28(17-41-32)34(47-10-9-45(3)18-24(19-47)42-35(49)22(2)38)44-36(43-33)51-21-37(7-8-37)20-46-11-13-50-14-12-46/h1,5-6,15-17,24,48H,2,7-14,18-21H2,3H3,(H,42,49)/t24-/m0/s1. The number of aromatic nitrogens is 3. The van der Waals surface area contributed by atoms with Gasteiger partial charge in [-0.2, -0.15) is 9.97 Å². The number of phenols is 1. The molecule has 2 aliphatic heterocycles. The minimum atomic E-state index is -1.10. The van der Waals surface area contributed by atoms with E-state index in [-0.39, 0.29) is 56.8 Å². The number of likely N-dealkylation sites (N-methyl/N-ethyl adjacent to an activating group) is 1. The summed E-state index contributed by atoms with van der Waals surface area (Å²) >= 11 is 0. The van der Waals surface area contributed by atoms with Crippen LogP contribution in [0.4, 0.5) is 19.0 Å². The highest BCUT2D eigenvalue weighted by Crippen LogP contribution is 2.47. The molecule has 0 bridgehead atoms. The lowest BCUT2D eigenvalue weighted by molar-refractivity contribution is -0.119. The number of hydrogen-bond acceptors (Lipinski definition) is 10. The summed E-state index contributed by atoms with van der Waals surface area (Å²) in [7, 11) is 1.88. The third-order valence-electron chi connectivity index (χ3n) is 9.83. The third-order valence-corrected chi connectivity index (χ3v) is 9.83. The van der Waals surface area contributed by atoms with Crippen LogP contribution < -0.4 is 15.0 Å². The fraction of sp³-hybridized carbons (Fsp3) is 0.405. The molecule has 1 aliphatic carbocycles. The molecule has 3 fully saturated rings. The van der Waals surface area contributed by atoms with Crippen molar-refractivity contribution < 1.29 is 32.5 Å². The van der Waals surface area contributed by atoms with Gasteiger partial charge in [0.25, 0.3) is 5.91 Å². The molecule has 2 saturated heterocycles. The first-order valence-electron chi connectivity index (χ1n) is 16.8. The van der Waals surface area contributed by atoms with E-state index in [1.165, 1.54) is 30.5 Å². The molecule has 3 aliphatic rings. The number of carbonyl (C=O) groups is 1. The number of terminal acetylenes is 1. The SMILES string of the molecule is C#Cc1c(F)ccc2cc(O)cc(-c3ncc4c(N5CCN(C)C[C@H](NC(=O)C(=C)F)C5)nc(OCC5(CN6CCOCC6)CC5)nc4c3F)c12. The van der Waals surface area contributed by atoms with Crippen molar-refractivity contribution in [3.63, 3.8) is 0 Å². The molecule has 266 valence electrons. The van der Waals surface area contributed by atoms with Crippen molar-refractivity contribution in [1.29, 1.82) is 0 Å². The van der Waals surface area contributed by atoms with Gasteiger partial charge in [-0.25, -0.2) is 13.2 Å². The molecule has 1 amide bonds. The van der Waals surface area contributed by atoms with Gasteiger partial charge in [-0.1, -0.05) is 18.6 Å². The van der Waals surface area contributed by atoms with E-state index >= 15 is 4.39 Å². The van der Waals surface area contributed by atoms with E-state index in [4.69, 9.17) is 20.9 Å². The van der Waals surface area contributed by atoms with Crippen LogP contribution in [0.25, 0.3) is 32.9 Å². The molecule has 2 aromatic carbocycles. The smallest absolute Gasteiger partial charge is 0.319 e. The number of ether oxygens (including phenoxy) is 2. The van der Waals surface area contributed by atoms with Crippen molar-refractivity contribution in [2.45, 2.75) is 18.9 Å². The number of phenolic OH excluding ortho intramolecular Hbond substituents is 1. The fourth-order valence-corrected chi connectivity index (χ4v) is 6.97. The minimum absolute atomic E-state index is 0.0479. The molecule has 4 heterocycles. The predicted molar refractivity (Wildman–Crippen MR) is 186 cm³/mol. The van der Waals surface area contributed by atoms with E-state index < -0.39 is 29.4 Å². The molecule has 7 rings (SSSR count). The molecule has 4 aromatic rings. The van der Waals surface area contributed by atoms with Crippen LogP contribution in [0.2, 0.25) is 0 Å². The number of halogens is 3. The Balaban J connectivity index is 1.32. The average molecular weight is 702 g/mol. The molecule has 51 heavy (non-hydrogen) atoms. The summed E-state index contributed by atoms with van der Waals surface area (Å²) in [6, 6.07) is 4.78. The van der Waals surface area contributed by atoms with Crippen molar-refractivity contribution in [3.05, 3.63) is 60.1 Å². The summed E-state index contributed by atoms with van der Waals surface area (Å²) in [4.78, 5) is 32.3. The third kappa shape index (κ3) is 7.14. The van der Waals surface area contributed by atoms with Crippen molar-refractivity contribution in [2.75, 3.05) is 77.6 Å². The number of hydrogen-bond donors (Lipinski definition) is 2. The Labute approximate surface area is 293 Å². The maximum Gasteiger partial charge on any atom is 0.319 e. The fourth-order valence-electron chi connectivity index (χ4n) is 6.97. The number of benzene rings is 2. The molecule has 1 atom stereocenters. The predicted octanol–water partition coefficient (Wildman–Crippen LogP) is 4.02. The summed E-state index contributed by atoms with van der Waals surface area (Å²) in [6.45, 7) is 8.90. The Hall–Kier alpha value is -4.97. The van der Waals surface area contributed by atoms with Gasteiger partial charge in [0.2, 0.25) is 0 Å². The van der Waals surface area contributed by atoms with E-state index in [1.807, 2.05) is 16.8 Å². The number of amides is 1. The van der Waals surface area contributed by atoms with Gasteiger partial charge in [0.1, 0.15) is 28.6 Å².